The molecule has 22 heavy (non-hydrogen) atoms. The molecule has 2 saturated heterocycles. The summed E-state index contributed by atoms with van der Waals surface area (Å²) in [6, 6.07) is 6.06. The fraction of sp³-hybridized carbons (Fsp3) is 0.533. The molecule has 1 aromatic carbocycles. The number of urea groups is 1. The Kier molecular flexibility index (Phi) is 3.16. The van der Waals surface area contributed by atoms with Gasteiger partial charge >= 0.3 is 6.03 Å². The van der Waals surface area contributed by atoms with Crippen molar-refractivity contribution in [3.05, 3.63) is 29.8 Å². The third-order valence-electron chi connectivity index (χ3n) is 4.74. The Morgan fingerprint density at radius 2 is 2.00 bits per heavy atom. The summed E-state index contributed by atoms with van der Waals surface area (Å²) in [5.41, 5.74) is 0.668. The van der Waals surface area contributed by atoms with Crippen molar-refractivity contribution in [1.82, 2.24) is 10.6 Å². The third kappa shape index (κ3) is 2.28. The number of ether oxygens (including phenoxy) is 1. The van der Waals surface area contributed by atoms with Gasteiger partial charge in [-0.1, -0.05) is 18.2 Å². The number of amides is 2. The Bertz CT molecular complexity index is 718. The lowest BCUT2D eigenvalue weighted by molar-refractivity contribution is 0.0980. The van der Waals surface area contributed by atoms with E-state index in [1.807, 2.05) is 0 Å². The van der Waals surface area contributed by atoms with Crippen LogP contribution in [0.5, 0.6) is 0 Å². The number of sulfone groups is 1. The molecule has 0 aromatic heterocycles. The van der Waals surface area contributed by atoms with E-state index in [9.17, 15) is 13.2 Å². The van der Waals surface area contributed by atoms with Crippen LogP contribution in [0.2, 0.25) is 0 Å². The molecule has 0 radical (unpaired) electrons. The highest BCUT2D eigenvalue weighted by atomic mass is 32.2. The molecule has 3 aliphatic rings. The third-order valence-corrected chi connectivity index (χ3v) is 6.56. The number of carbonyl (C=O) groups is 1. The molecule has 2 N–H and O–H groups in total. The molecule has 3 heterocycles. The SMILES string of the molecule is O=C(NC1CS(=O)(=O)c2ccccc21)N[C@@H]1C[C@H]2CC[C@@H]1O2. The maximum Gasteiger partial charge on any atom is 0.315 e. The van der Waals surface area contributed by atoms with Crippen molar-refractivity contribution >= 4 is 15.9 Å². The Labute approximate surface area is 129 Å². The summed E-state index contributed by atoms with van der Waals surface area (Å²) in [4.78, 5) is 12.5. The second-order valence-corrected chi connectivity index (χ2v) is 8.21. The summed E-state index contributed by atoms with van der Waals surface area (Å²) < 4.78 is 29.9. The normalized spacial score (nSPS) is 34.4. The molecule has 0 saturated carbocycles. The smallest absolute Gasteiger partial charge is 0.315 e. The van der Waals surface area contributed by atoms with Gasteiger partial charge in [0.25, 0.3) is 0 Å². The fourth-order valence-electron chi connectivity index (χ4n) is 3.73. The molecule has 0 aliphatic carbocycles. The molecule has 1 aromatic rings. The number of nitrogens with one attached hydrogen (secondary N) is 2. The molecular formula is C15H18N2O4S. The van der Waals surface area contributed by atoms with Crippen molar-refractivity contribution in [2.75, 3.05) is 5.75 Å². The lowest BCUT2D eigenvalue weighted by atomic mass is 9.96. The second kappa shape index (κ2) is 4.96. The van der Waals surface area contributed by atoms with Crippen molar-refractivity contribution in [3.63, 3.8) is 0 Å². The summed E-state index contributed by atoms with van der Waals surface area (Å²) >= 11 is 0. The van der Waals surface area contributed by atoms with Crippen molar-refractivity contribution < 1.29 is 17.9 Å². The Morgan fingerprint density at radius 1 is 1.18 bits per heavy atom. The molecule has 1 unspecified atom stereocenters. The van der Waals surface area contributed by atoms with Crippen molar-refractivity contribution in [3.8, 4) is 0 Å². The lowest BCUT2D eigenvalue weighted by Crippen LogP contribution is -2.47. The molecule has 3 aliphatic heterocycles. The van der Waals surface area contributed by atoms with E-state index < -0.39 is 15.9 Å². The fourth-order valence-corrected chi connectivity index (χ4v) is 5.46. The summed E-state index contributed by atoms with van der Waals surface area (Å²) in [5.74, 6) is -0.0764. The number of hydrogen-bond acceptors (Lipinski definition) is 4. The largest absolute Gasteiger partial charge is 0.373 e. The van der Waals surface area contributed by atoms with Crippen molar-refractivity contribution in [2.45, 2.75) is 48.4 Å². The van der Waals surface area contributed by atoms with Crippen molar-refractivity contribution in [1.29, 1.82) is 0 Å². The molecule has 2 bridgehead atoms. The summed E-state index contributed by atoms with van der Waals surface area (Å²) in [6.07, 6.45) is 3.27. The van der Waals surface area contributed by atoms with Gasteiger partial charge in [-0.2, -0.15) is 0 Å². The van der Waals surface area contributed by atoms with Crippen LogP contribution in [0.1, 0.15) is 30.9 Å². The van der Waals surface area contributed by atoms with Crippen LogP contribution in [0, 0.1) is 0 Å². The molecule has 4 atom stereocenters. The Balaban J connectivity index is 1.45. The van der Waals surface area contributed by atoms with Gasteiger partial charge in [0.2, 0.25) is 0 Å². The standard InChI is InChI=1S/C15H18N2O4S/c18-15(16-11-7-9-5-6-13(11)21-9)17-12-8-22(19,20)14-4-2-1-3-10(12)14/h1-4,9,11-13H,5-8H2,(H2,16,17,18)/t9-,11-,12?,13+/m1/s1. The number of hydrogen-bond donors (Lipinski definition) is 2. The summed E-state index contributed by atoms with van der Waals surface area (Å²) in [5, 5.41) is 5.72. The van der Waals surface area contributed by atoms with Crippen LogP contribution < -0.4 is 10.6 Å². The van der Waals surface area contributed by atoms with Gasteiger partial charge in [0.1, 0.15) is 0 Å². The average Bonchev–Trinajstić information content (AvgIpc) is 3.14. The van der Waals surface area contributed by atoms with E-state index in [0.717, 1.165) is 19.3 Å². The van der Waals surface area contributed by atoms with Crippen LogP contribution in [0.4, 0.5) is 4.79 Å². The zero-order valence-electron chi connectivity index (χ0n) is 12.0. The van der Waals surface area contributed by atoms with E-state index in [2.05, 4.69) is 10.6 Å². The van der Waals surface area contributed by atoms with Gasteiger partial charge in [-0.3, -0.25) is 0 Å². The maximum atomic E-state index is 12.2. The first-order chi connectivity index (χ1) is 10.5. The van der Waals surface area contributed by atoms with Gasteiger partial charge in [0, 0.05) is 0 Å². The van der Waals surface area contributed by atoms with Gasteiger partial charge in [-0.25, -0.2) is 13.2 Å². The van der Waals surface area contributed by atoms with E-state index in [4.69, 9.17) is 4.74 Å². The van der Waals surface area contributed by atoms with E-state index in [0.29, 0.717) is 10.5 Å². The van der Waals surface area contributed by atoms with Crippen LogP contribution in [-0.4, -0.2) is 38.5 Å². The number of benzene rings is 1. The average molecular weight is 322 g/mol. The number of fused-ring (bicyclic) bond motifs is 3. The first-order valence-corrected chi connectivity index (χ1v) is 9.22. The van der Waals surface area contributed by atoms with Gasteiger partial charge in [-0.05, 0) is 30.9 Å². The van der Waals surface area contributed by atoms with Gasteiger partial charge in [-0.15, -0.1) is 0 Å². The highest BCUT2D eigenvalue weighted by Crippen LogP contribution is 2.35. The quantitative estimate of drug-likeness (QED) is 0.855. The van der Waals surface area contributed by atoms with Crippen LogP contribution in [0.25, 0.3) is 0 Å². The van der Waals surface area contributed by atoms with Crippen LogP contribution >= 0.6 is 0 Å². The highest BCUT2D eigenvalue weighted by Gasteiger charge is 2.42. The monoisotopic (exact) mass is 322 g/mol. The Hall–Kier alpha value is -1.60. The van der Waals surface area contributed by atoms with E-state index in [1.165, 1.54) is 0 Å². The lowest BCUT2D eigenvalue weighted by Gasteiger charge is -2.21. The summed E-state index contributed by atoms with van der Waals surface area (Å²) in [6.45, 7) is 0. The maximum absolute atomic E-state index is 12.2. The predicted octanol–water partition coefficient (Wildman–Crippen LogP) is 1.13. The molecule has 2 amide bonds. The topological polar surface area (TPSA) is 84.5 Å². The van der Waals surface area contributed by atoms with E-state index in [-0.39, 0.29) is 30.0 Å². The molecule has 2 fully saturated rings. The molecule has 118 valence electrons. The summed E-state index contributed by atoms with van der Waals surface area (Å²) in [7, 11) is -3.30. The van der Waals surface area contributed by atoms with Gasteiger partial charge in [0.15, 0.2) is 9.84 Å². The predicted molar refractivity (Wildman–Crippen MR) is 79.2 cm³/mol. The molecule has 7 heteroatoms. The molecular weight excluding hydrogens is 304 g/mol. The Morgan fingerprint density at radius 3 is 2.73 bits per heavy atom. The number of carbonyl (C=O) groups excluding carboxylic acids is 1. The minimum Gasteiger partial charge on any atom is -0.373 e. The molecule has 4 rings (SSSR count). The highest BCUT2D eigenvalue weighted by molar-refractivity contribution is 7.91. The van der Waals surface area contributed by atoms with E-state index >= 15 is 0 Å². The van der Waals surface area contributed by atoms with Crippen LogP contribution in [0.15, 0.2) is 29.2 Å². The first-order valence-electron chi connectivity index (χ1n) is 7.57. The van der Waals surface area contributed by atoms with Crippen LogP contribution in [0.3, 0.4) is 0 Å². The van der Waals surface area contributed by atoms with Crippen LogP contribution in [-0.2, 0) is 14.6 Å². The molecule has 6 nitrogen and oxygen atoms in total. The molecule has 0 spiro atoms. The van der Waals surface area contributed by atoms with Crippen molar-refractivity contribution in [2.24, 2.45) is 0 Å². The first kappa shape index (κ1) is 14.0. The minimum absolute atomic E-state index is 0.0343. The van der Waals surface area contributed by atoms with Gasteiger partial charge < -0.3 is 15.4 Å². The second-order valence-electron chi connectivity index (χ2n) is 6.21. The van der Waals surface area contributed by atoms with Gasteiger partial charge in [0.05, 0.1) is 34.9 Å². The van der Waals surface area contributed by atoms with E-state index in [1.54, 1.807) is 24.3 Å². The zero-order valence-corrected chi connectivity index (χ0v) is 12.8. The zero-order chi connectivity index (χ0) is 15.3. The number of rotatable bonds is 2. The minimum atomic E-state index is -3.30.